The highest BCUT2D eigenvalue weighted by molar-refractivity contribution is 5.75. The lowest BCUT2D eigenvalue weighted by Crippen LogP contribution is -2.66. The van der Waals surface area contributed by atoms with Gasteiger partial charge in [-0.2, -0.15) is 0 Å². The number of methoxy groups -OCH3 is 3. The Balaban J connectivity index is 2.99. The molecule has 6 nitrogen and oxygen atoms in total. The molecular formula is C11H20O6. The van der Waals surface area contributed by atoms with Crippen molar-refractivity contribution < 1.29 is 28.5 Å². The minimum Gasteiger partial charge on any atom is -0.467 e. The Morgan fingerprint density at radius 3 is 1.94 bits per heavy atom. The molecule has 1 saturated heterocycles. The number of hydrogen-bond donors (Lipinski definition) is 0. The van der Waals surface area contributed by atoms with E-state index in [1.54, 1.807) is 20.8 Å². The van der Waals surface area contributed by atoms with E-state index in [9.17, 15) is 4.79 Å². The van der Waals surface area contributed by atoms with Crippen molar-refractivity contribution in [3.63, 3.8) is 0 Å². The Hall–Kier alpha value is -0.690. The first-order valence-corrected chi connectivity index (χ1v) is 5.37. The van der Waals surface area contributed by atoms with Crippen LogP contribution in [0, 0.1) is 0 Å². The second-order valence-electron chi connectivity index (χ2n) is 4.18. The zero-order valence-electron chi connectivity index (χ0n) is 11.1. The Morgan fingerprint density at radius 2 is 1.53 bits per heavy atom. The molecule has 0 unspecified atom stereocenters. The Bertz CT molecular complexity index is 294. The number of hydrogen-bond acceptors (Lipinski definition) is 6. The molecule has 0 N–H and O–H groups in total. The highest BCUT2D eigenvalue weighted by Gasteiger charge is 2.57. The van der Waals surface area contributed by atoms with Gasteiger partial charge in [-0.15, -0.1) is 0 Å². The summed E-state index contributed by atoms with van der Waals surface area (Å²) in [6, 6.07) is 0. The van der Waals surface area contributed by atoms with Gasteiger partial charge in [-0.3, -0.25) is 0 Å². The van der Waals surface area contributed by atoms with E-state index < -0.39 is 29.8 Å². The Kier molecular flexibility index (Phi) is 4.14. The molecule has 17 heavy (non-hydrogen) atoms. The summed E-state index contributed by atoms with van der Waals surface area (Å²) in [5.74, 6) is -2.78. The monoisotopic (exact) mass is 248 g/mol. The first kappa shape index (κ1) is 14.4. The summed E-state index contributed by atoms with van der Waals surface area (Å²) < 4.78 is 26.6. The molecule has 0 aromatic heterocycles. The number of ether oxygens (including phenoxy) is 5. The van der Waals surface area contributed by atoms with Crippen molar-refractivity contribution in [1.29, 1.82) is 0 Å². The summed E-state index contributed by atoms with van der Waals surface area (Å²) >= 11 is 0. The SMILES string of the molecule is COC(=O)[C@H]1O[C@](C)(OC)[C@@](C)(OC)O[C@@H]1C. The summed E-state index contributed by atoms with van der Waals surface area (Å²) in [6.45, 7) is 5.06. The van der Waals surface area contributed by atoms with Crippen LogP contribution in [0.3, 0.4) is 0 Å². The van der Waals surface area contributed by atoms with Crippen molar-refractivity contribution in [3.05, 3.63) is 0 Å². The minimum atomic E-state index is -1.19. The van der Waals surface area contributed by atoms with Crippen LogP contribution in [0.2, 0.25) is 0 Å². The minimum absolute atomic E-state index is 0.490. The fourth-order valence-electron chi connectivity index (χ4n) is 1.79. The normalized spacial score (nSPS) is 42.2. The van der Waals surface area contributed by atoms with Crippen LogP contribution in [0.25, 0.3) is 0 Å². The Labute approximate surface area is 101 Å². The maximum atomic E-state index is 11.6. The van der Waals surface area contributed by atoms with Crippen LogP contribution >= 0.6 is 0 Å². The molecule has 0 spiro atoms. The van der Waals surface area contributed by atoms with E-state index in [1.807, 2.05) is 0 Å². The van der Waals surface area contributed by atoms with E-state index in [1.165, 1.54) is 21.3 Å². The van der Waals surface area contributed by atoms with Crippen molar-refractivity contribution >= 4 is 5.97 Å². The predicted octanol–water partition coefficient (Wildman–Crippen LogP) is 0.688. The molecule has 1 aliphatic rings. The lowest BCUT2D eigenvalue weighted by Gasteiger charge is -2.50. The average Bonchev–Trinajstić information content (AvgIpc) is 2.32. The van der Waals surface area contributed by atoms with E-state index in [-0.39, 0.29) is 0 Å². The van der Waals surface area contributed by atoms with Crippen LogP contribution < -0.4 is 0 Å². The number of carbonyl (C=O) groups excluding carboxylic acids is 1. The molecule has 0 radical (unpaired) electrons. The highest BCUT2D eigenvalue weighted by atomic mass is 16.8. The van der Waals surface area contributed by atoms with Crippen molar-refractivity contribution in [2.45, 2.75) is 44.6 Å². The first-order valence-electron chi connectivity index (χ1n) is 5.37. The van der Waals surface area contributed by atoms with E-state index in [2.05, 4.69) is 4.74 Å². The van der Waals surface area contributed by atoms with Gasteiger partial charge in [-0.1, -0.05) is 0 Å². The second-order valence-corrected chi connectivity index (χ2v) is 4.18. The largest absolute Gasteiger partial charge is 0.467 e. The standard InChI is InChI=1S/C11H20O6/c1-7-8(9(12)13-4)17-11(3,15-6)10(2,14-5)16-7/h7-8H,1-6H3/t7-,8+,10+,11+/m1/s1. The molecule has 6 heteroatoms. The second kappa shape index (κ2) is 4.89. The van der Waals surface area contributed by atoms with Crippen LogP contribution in [0.5, 0.6) is 0 Å². The van der Waals surface area contributed by atoms with Gasteiger partial charge in [0.2, 0.25) is 11.6 Å². The topological polar surface area (TPSA) is 63.2 Å². The summed E-state index contributed by atoms with van der Waals surface area (Å²) in [6.07, 6.45) is -1.33. The number of esters is 1. The van der Waals surface area contributed by atoms with Gasteiger partial charge in [0.15, 0.2) is 6.10 Å². The molecule has 4 atom stereocenters. The predicted molar refractivity (Wildman–Crippen MR) is 58.3 cm³/mol. The van der Waals surface area contributed by atoms with Crippen LogP contribution in [-0.2, 0) is 28.5 Å². The van der Waals surface area contributed by atoms with E-state index >= 15 is 0 Å². The molecule has 1 rings (SSSR count). The van der Waals surface area contributed by atoms with Crippen molar-refractivity contribution in [3.8, 4) is 0 Å². The molecule has 100 valence electrons. The fourth-order valence-corrected chi connectivity index (χ4v) is 1.79. The van der Waals surface area contributed by atoms with Crippen LogP contribution in [0.1, 0.15) is 20.8 Å². The lowest BCUT2D eigenvalue weighted by molar-refractivity contribution is -0.441. The fraction of sp³-hybridized carbons (Fsp3) is 0.909. The van der Waals surface area contributed by atoms with Gasteiger partial charge in [0.05, 0.1) is 13.2 Å². The molecule has 1 fully saturated rings. The Morgan fingerprint density at radius 1 is 1.06 bits per heavy atom. The molecule has 0 bridgehead atoms. The highest BCUT2D eigenvalue weighted by Crippen LogP contribution is 2.39. The van der Waals surface area contributed by atoms with E-state index in [0.717, 1.165) is 0 Å². The molecule has 1 heterocycles. The van der Waals surface area contributed by atoms with Gasteiger partial charge in [-0.25, -0.2) is 4.79 Å². The third-order valence-corrected chi connectivity index (χ3v) is 3.23. The van der Waals surface area contributed by atoms with E-state index in [0.29, 0.717) is 0 Å². The quantitative estimate of drug-likeness (QED) is 0.685. The number of carbonyl (C=O) groups is 1. The summed E-state index contributed by atoms with van der Waals surface area (Å²) in [5, 5.41) is 0. The van der Waals surface area contributed by atoms with Gasteiger partial charge in [0.25, 0.3) is 0 Å². The van der Waals surface area contributed by atoms with Gasteiger partial charge in [0.1, 0.15) is 0 Å². The van der Waals surface area contributed by atoms with Crippen molar-refractivity contribution in [1.82, 2.24) is 0 Å². The third kappa shape index (κ3) is 2.30. The van der Waals surface area contributed by atoms with Gasteiger partial charge in [-0.05, 0) is 20.8 Å². The maximum absolute atomic E-state index is 11.6. The molecule has 0 saturated carbocycles. The lowest BCUT2D eigenvalue weighted by atomic mass is 10.0. The van der Waals surface area contributed by atoms with Gasteiger partial charge in [0, 0.05) is 14.2 Å². The first-order chi connectivity index (χ1) is 7.83. The summed E-state index contributed by atoms with van der Waals surface area (Å²) in [5.41, 5.74) is 0. The van der Waals surface area contributed by atoms with Gasteiger partial charge >= 0.3 is 5.97 Å². The summed E-state index contributed by atoms with van der Waals surface area (Å²) in [4.78, 5) is 11.6. The molecule has 1 aliphatic heterocycles. The van der Waals surface area contributed by atoms with Gasteiger partial charge < -0.3 is 23.7 Å². The molecule has 0 aliphatic carbocycles. The maximum Gasteiger partial charge on any atom is 0.337 e. The average molecular weight is 248 g/mol. The molecule has 0 aromatic rings. The van der Waals surface area contributed by atoms with Crippen LogP contribution in [0.15, 0.2) is 0 Å². The zero-order chi connectivity index (χ0) is 13.3. The van der Waals surface area contributed by atoms with Crippen molar-refractivity contribution in [2.24, 2.45) is 0 Å². The number of rotatable bonds is 3. The van der Waals surface area contributed by atoms with Crippen LogP contribution in [-0.4, -0.2) is 51.1 Å². The molecular weight excluding hydrogens is 228 g/mol. The van der Waals surface area contributed by atoms with Crippen molar-refractivity contribution in [2.75, 3.05) is 21.3 Å². The smallest absolute Gasteiger partial charge is 0.337 e. The third-order valence-electron chi connectivity index (χ3n) is 3.23. The zero-order valence-corrected chi connectivity index (χ0v) is 11.1. The molecule has 0 amide bonds. The summed E-state index contributed by atoms with van der Waals surface area (Å²) in [7, 11) is 4.25. The van der Waals surface area contributed by atoms with E-state index in [4.69, 9.17) is 18.9 Å². The van der Waals surface area contributed by atoms with Crippen LogP contribution in [0.4, 0.5) is 0 Å². The molecule has 0 aromatic carbocycles.